The molecular weight excluding hydrogens is 232 g/mol. The normalized spacial score (nSPS) is 8.83. The number of rotatable bonds is 4. The van der Waals surface area contributed by atoms with Gasteiger partial charge in [0.05, 0.1) is 13.2 Å². The zero-order chi connectivity index (χ0) is 13.8. The topological polar surface area (TPSA) is 52.6 Å². The van der Waals surface area contributed by atoms with Gasteiger partial charge in [-0.25, -0.2) is 0 Å². The Hall–Kier alpha value is -1.84. The summed E-state index contributed by atoms with van der Waals surface area (Å²) < 4.78 is 9.04. The van der Waals surface area contributed by atoms with Crippen molar-refractivity contribution in [3.8, 4) is 0 Å². The molecule has 4 heteroatoms. The zero-order valence-electron chi connectivity index (χ0n) is 11.1. The Labute approximate surface area is 108 Å². The van der Waals surface area contributed by atoms with Gasteiger partial charge in [0.25, 0.3) is 0 Å². The van der Waals surface area contributed by atoms with Crippen LogP contribution >= 0.6 is 0 Å². The second kappa shape index (κ2) is 10.3. The van der Waals surface area contributed by atoms with E-state index < -0.39 is 11.9 Å². The SMILES string of the molecule is CCOC(=O)CC(=O)OCC.Cc1ccccc1. The number of benzene rings is 1. The summed E-state index contributed by atoms with van der Waals surface area (Å²) >= 11 is 0. The third kappa shape index (κ3) is 9.39. The van der Waals surface area contributed by atoms with Crippen LogP contribution in [0.3, 0.4) is 0 Å². The lowest BCUT2D eigenvalue weighted by Gasteiger charge is -2.00. The van der Waals surface area contributed by atoms with Crippen LogP contribution < -0.4 is 0 Å². The lowest BCUT2D eigenvalue weighted by Crippen LogP contribution is -2.13. The molecule has 0 heterocycles. The smallest absolute Gasteiger partial charge is 0.317 e. The van der Waals surface area contributed by atoms with Gasteiger partial charge in [-0.15, -0.1) is 0 Å². The molecule has 0 N–H and O–H groups in total. The van der Waals surface area contributed by atoms with Crippen molar-refractivity contribution in [2.45, 2.75) is 27.2 Å². The average molecular weight is 252 g/mol. The fraction of sp³-hybridized carbons (Fsp3) is 0.429. The summed E-state index contributed by atoms with van der Waals surface area (Å²) in [5, 5.41) is 0. The molecule has 0 saturated carbocycles. The van der Waals surface area contributed by atoms with Crippen molar-refractivity contribution in [3.05, 3.63) is 35.9 Å². The molecule has 0 unspecified atom stereocenters. The fourth-order valence-corrected chi connectivity index (χ4v) is 1.08. The lowest BCUT2D eigenvalue weighted by molar-refractivity contribution is -0.153. The molecule has 1 rings (SSSR count). The van der Waals surface area contributed by atoms with E-state index in [0.717, 1.165) is 0 Å². The van der Waals surface area contributed by atoms with E-state index in [0.29, 0.717) is 0 Å². The van der Waals surface area contributed by atoms with E-state index in [9.17, 15) is 9.59 Å². The van der Waals surface area contributed by atoms with Gasteiger partial charge in [0.2, 0.25) is 0 Å². The molecule has 0 aliphatic rings. The molecule has 0 saturated heterocycles. The molecule has 100 valence electrons. The molecule has 0 spiro atoms. The van der Waals surface area contributed by atoms with Gasteiger partial charge in [0.15, 0.2) is 0 Å². The van der Waals surface area contributed by atoms with Crippen LogP contribution in [-0.4, -0.2) is 25.2 Å². The Morgan fingerprint density at radius 1 is 0.944 bits per heavy atom. The van der Waals surface area contributed by atoms with Gasteiger partial charge >= 0.3 is 11.9 Å². The number of hydrogen-bond acceptors (Lipinski definition) is 4. The van der Waals surface area contributed by atoms with E-state index in [-0.39, 0.29) is 19.6 Å². The van der Waals surface area contributed by atoms with Gasteiger partial charge < -0.3 is 9.47 Å². The number of carbonyl (C=O) groups excluding carboxylic acids is 2. The standard InChI is InChI=1S/C7H12O4.C7H8/c1-3-10-6(8)5-7(9)11-4-2;1-7-5-3-2-4-6-7/h3-5H2,1-2H3;2-6H,1H3. The summed E-state index contributed by atoms with van der Waals surface area (Å²) in [7, 11) is 0. The summed E-state index contributed by atoms with van der Waals surface area (Å²) in [5.74, 6) is -1.07. The molecule has 0 fully saturated rings. The highest BCUT2D eigenvalue weighted by Gasteiger charge is 2.09. The van der Waals surface area contributed by atoms with Gasteiger partial charge in [-0.1, -0.05) is 35.9 Å². The fourth-order valence-electron chi connectivity index (χ4n) is 1.08. The molecule has 4 nitrogen and oxygen atoms in total. The monoisotopic (exact) mass is 252 g/mol. The summed E-state index contributed by atoms with van der Waals surface area (Å²) in [6, 6.07) is 10.3. The molecule has 0 atom stereocenters. The highest BCUT2D eigenvalue weighted by atomic mass is 16.5. The first-order valence-corrected chi connectivity index (χ1v) is 5.93. The zero-order valence-corrected chi connectivity index (χ0v) is 11.1. The maximum absolute atomic E-state index is 10.6. The Kier molecular flexibility index (Phi) is 9.27. The van der Waals surface area contributed by atoms with Crippen molar-refractivity contribution < 1.29 is 19.1 Å². The lowest BCUT2D eigenvalue weighted by atomic mass is 10.2. The van der Waals surface area contributed by atoms with Crippen molar-refractivity contribution >= 4 is 11.9 Å². The molecule has 18 heavy (non-hydrogen) atoms. The second-order valence-electron chi connectivity index (χ2n) is 3.44. The van der Waals surface area contributed by atoms with Gasteiger partial charge in [0, 0.05) is 0 Å². The Bertz CT molecular complexity index is 330. The first kappa shape index (κ1) is 16.2. The van der Waals surface area contributed by atoms with Crippen LogP contribution in [0.1, 0.15) is 25.8 Å². The van der Waals surface area contributed by atoms with Crippen molar-refractivity contribution in [1.29, 1.82) is 0 Å². The molecule has 1 aromatic carbocycles. The molecule has 0 bridgehead atoms. The van der Waals surface area contributed by atoms with Crippen LogP contribution in [-0.2, 0) is 19.1 Å². The van der Waals surface area contributed by atoms with Crippen LogP contribution in [0.2, 0.25) is 0 Å². The molecule has 0 amide bonds. The van der Waals surface area contributed by atoms with E-state index in [1.165, 1.54) is 5.56 Å². The maximum Gasteiger partial charge on any atom is 0.317 e. The predicted octanol–water partition coefficient (Wildman–Crippen LogP) is 2.50. The van der Waals surface area contributed by atoms with E-state index in [2.05, 4.69) is 28.5 Å². The highest BCUT2D eigenvalue weighted by Crippen LogP contribution is 1.92. The Morgan fingerprint density at radius 3 is 1.67 bits per heavy atom. The van der Waals surface area contributed by atoms with Gasteiger partial charge in [0.1, 0.15) is 6.42 Å². The van der Waals surface area contributed by atoms with E-state index >= 15 is 0 Å². The van der Waals surface area contributed by atoms with Crippen LogP contribution in [0.25, 0.3) is 0 Å². The first-order valence-electron chi connectivity index (χ1n) is 5.93. The largest absolute Gasteiger partial charge is 0.466 e. The summed E-state index contributed by atoms with van der Waals surface area (Å²) in [6.07, 6.45) is -0.290. The second-order valence-corrected chi connectivity index (χ2v) is 3.44. The first-order chi connectivity index (χ1) is 8.60. The van der Waals surface area contributed by atoms with Crippen molar-refractivity contribution in [3.63, 3.8) is 0 Å². The maximum atomic E-state index is 10.6. The van der Waals surface area contributed by atoms with E-state index in [1.807, 2.05) is 18.2 Å². The summed E-state index contributed by atoms with van der Waals surface area (Å²) in [5.41, 5.74) is 1.32. The van der Waals surface area contributed by atoms with Crippen molar-refractivity contribution in [2.75, 3.05) is 13.2 Å². The van der Waals surface area contributed by atoms with Gasteiger partial charge in [-0.05, 0) is 20.8 Å². The van der Waals surface area contributed by atoms with Crippen LogP contribution in [0.15, 0.2) is 30.3 Å². The van der Waals surface area contributed by atoms with Crippen molar-refractivity contribution in [1.82, 2.24) is 0 Å². The van der Waals surface area contributed by atoms with Gasteiger partial charge in [-0.2, -0.15) is 0 Å². The van der Waals surface area contributed by atoms with Crippen LogP contribution in [0.5, 0.6) is 0 Å². The molecule has 0 radical (unpaired) electrons. The number of hydrogen-bond donors (Lipinski definition) is 0. The van der Waals surface area contributed by atoms with Crippen LogP contribution in [0, 0.1) is 6.92 Å². The summed E-state index contributed by atoms with van der Waals surface area (Å²) in [4.78, 5) is 21.2. The summed E-state index contributed by atoms with van der Waals surface area (Å²) in [6.45, 7) is 6.03. The quantitative estimate of drug-likeness (QED) is 0.610. The number of carbonyl (C=O) groups is 2. The Morgan fingerprint density at radius 2 is 1.39 bits per heavy atom. The van der Waals surface area contributed by atoms with E-state index in [1.54, 1.807) is 13.8 Å². The number of aryl methyl sites for hydroxylation is 1. The van der Waals surface area contributed by atoms with Crippen molar-refractivity contribution in [2.24, 2.45) is 0 Å². The molecule has 0 aliphatic carbocycles. The molecule has 1 aromatic rings. The minimum Gasteiger partial charge on any atom is -0.466 e. The predicted molar refractivity (Wildman–Crippen MR) is 69.1 cm³/mol. The van der Waals surface area contributed by atoms with Gasteiger partial charge in [-0.3, -0.25) is 9.59 Å². The minimum absolute atomic E-state index is 0.290. The highest BCUT2D eigenvalue weighted by molar-refractivity contribution is 5.91. The average Bonchev–Trinajstić information content (AvgIpc) is 2.31. The van der Waals surface area contributed by atoms with Crippen LogP contribution in [0.4, 0.5) is 0 Å². The van der Waals surface area contributed by atoms with E-state index in [4.69, 9.17) is 0 Å². The molecular formula is C14H20O4. The molecule has 0 aliphatic heterocycles. The third-order valence-corrected chi connectivity index (χ3v) is 1.84. The minimum atomic E-state index is -0.536. The molecule has 0 aromatic heterocycles. The Balaban J connectivity index is 0.000000351. The third-order valence-electron chi connectivity index (χ3n) is 1.84. The number of ether oxygens (including phenoxy) is 2. The number of esters is 2.